The third-order valence-corrected chi connectivity index (χ3v) is 2.51. The molecule has 0 aromatic heterocycles. The van der Waals surface area contributed by atoms with Crippen molar-refractivity contribution in [1.29, 1.82) is 10.5 Å². The van der Waals surface area contributed by atoms with Crippen molar-refractivity contribution in [2.75, 3.05) is 0 Å². The Kier molecular flexibility index (Phi) is 3.58. The SMILES string of the molecule is CC(C#N)(CCC#N)c1ccc(F)cc1F. The van der Waals surface area contributed by atoms with E-state index >= 15 is 0 Å². The van der Waals surface area contributed by atoms with Crippen LogP contribution in [0, 0.1) is 34.3 Å². The molecule has 1 aromatic carbocycles. The Balaban J connectivity index is 3.14. The molecule has 0 saturated carbocycles. The van der Waals surface area contributed by atoms with Crippen LogP contribution in [0.1, 0.15) is 25.3 Å². The lowest BCUT2D eigenvalue weighted by Gasteiger charge is -2.21. The van der Waals surface area contributed by atoms with Gasteiger partial charge in [-0.1, -0.05) is 6.07 Å². The van der Waals surface area contributed by atoms with Gasteiger partial charge in [-0.05, 0) is 19.4 Å². The van der Waals surface area contributed by atoms with Crippen LogP contribution in [-0.4, -0.2) is 0 Å². The van der Waals surface area contributed by atoms with E-state index in [9.17, 15) is 8.78 Å². The summed E-state index contributed by atoms with van der Waals surface area (Å²) < 4.78 is 26.2. The maximum absolute atomic E-state index is 13.5. The molecular weight excluding hydrogens is 210 g/mol. The molecule has 0 amide bonds. The van der Waals surface area contributed by atoms with Crippen molar-refractivity contribution in [2.24, 2.45) is 0 Å². The van der Waals surface area contributed by atoms with E-state index in [2.05, 4.69) is 0 Å². The smallest absolute Gasteiger partial charge is 0.130 e. The molecule has 0 N–H and O–H groups in total. The largest absolute Gasteiger partial charge is 0.207 e. The Labute approximate surface area is 92.7 Å². The summed E-state index contributed by atoms with van der Waals surface area (Å²) in [4.78, 5) is 0. The quantitative estimate of drug-likeness (QED) is 0.785. The van der Waals surface area contributed by atoms with Crippen molar-refractivity contribution in [3.05, 3.63) is 35.4 Å². The van der Waals surface area contributed by atoms with E-state index in [1.165, 1.54) is 6.07 Å². The molecule has 0 heterocycles. The van der Waals surface area contributed by atoms with Crippen LogP contribution in [0.4, 0.5) is 8.78 Å². The predicted octanol–water partition coefficient (Wildman–Crippen LogP) is 3.05. The fourth-order valence-corrected chi connectivity index (χ4v) is 1.49. The van der Waals surface area contributed by atoms with Crippen LogP contribution in [-0.2, 0) is 5.41 Å². The molecule has 0 aliphatic carbocycles. The number of hydrogen-bond donors (Lipinski definition) is 0. The molecule has 1 unspecified atom stereocenters. The Morgan fingerprint density at radius 1 is 1.31 bits per heavy atom. The van der Waals surface area contributed by atoms with Gasteiger partial charge in [0.15, 0.2) is 0 Å². The van der Waals surface area contributed by atoms with E-state index in [1.807, 2.05) is 12.1 Å². The maximum Gasteiger partial charge on any atom is 0.130 e. The summed E-state index contributed by atoms with van der Waals surface area (Å²) in [6, 6.07) is 7.00. The lowest BCUT2D eigenvalue weighted by molar-refractivity contribution is 0.502. The molecule has 0 spiro atoms. The topological polar surface area (TPSA) is 47.6 Å². The number of nitriles is 2. The molecule has 16 heavy (non-hydrogen) atoms. The summed E-state index contributed by atoms with van der Waals surface area (Å²) in [6.45, 7) is 1.54. The first kappa shape index (κ1) is 12.1. The summed E-state index contributed by atoms with van der Waals surface area (Å²) >= 11 is 0. The number of benzene rings is 1. The highest BCUT2D eigenvalue weighted by atomic mass is 19.1. The van der Waals surface area contributed by atoms with Crippen LogP contribution >= 0.6 is 0 Å². The molecule has 0 aliphatic heterocycles. The normalized spacial score (nSPS) is 13.6. The van der Waals surface area contributed by atoms with Gasteiger partial charge in [0.05, 0.1) is 17.6 Å². The van der Waals surface area contributed by atoms with Gasteiger partial charge >= 0.3 is 0 Å². The molecule has 2 nitrogen and oxygen atoms in total. The summed E-state index contributed by atoms with van der Waals surface area (Å²) in [6.07, 6.45) is 0.378. The maximum atomic E-state index is 13.5. The summed E-state index contributed by atoms with van der Waals surface area (Å²) in [5, 5.41) is 17.5. The van der Waals surface area contributed by atoms with Crippen molar-refractivity contribution in [3.8, 4) is 12.1 Å². The van der Waals surface area contributed by atoms with Crippen molar-refractivity contribution < 1.29 is 8.78 Å². The predicted molar refractivity (Wildman–Crippen MR) is 54.2 cm³/mol. The van der Waals surface area contributed by atoms with Gasteiger partial charge in [-0.25, -0.2) is 8.78 Å². The summed E-state index contributed by atoms with van der Waals surface area (Å²) in [7, 11) is 0. The number of rotatable bonds is 3. The zero-order valence-electron chi connectivity index (χ0n) is 8.80. The van der Waals surface area contributed by atoms with Gasteiger partial charge in [0, 0.05) is 18.1 Å². The van der Waals surface area contributed by atoms with E-state index in [0.717, 1.165) is 12.1 Å². The molecule has 0 aliphatic rings. The van der Waals surface area contributed by atoms with Gasteiger partial charge in [-0.15, -0.1) is 0 Å². The Hall–Kier alpha value is -1.94. The van der Waals surface area contributed by atoms with Gasteiger partial charge in [-0.3, -0.25) is 0 Å². The van der Waals surface area contributed by atoms with Crippen molar-refractivity contribution in [2.45, 2.75) is 25.2 Å². The second-order valence-corrected chi connectivity index (χ2v) is 3.73. The van der Waals surface area contributed by atoms with Crippen LogP contribution in [0.25, 0.3) is 0 Å². The molecule has 1 rings (SSSR count). The Bertz CT molecular complexity index is 471. The zero-order valence-corrected chi connectivity index (χ0v) is 8.80. The fourth-order valence-electron chi connectivity index (χ4n) is 1.49. The van der Waals surface area contributed by atoms with Gasteiger partial charge < -0.3 is 0 Å². The zero-order chi connectivity index (χ0) is 12.2. The highest BCUT2D eigenvalue weighted by Gasteiger charge is 2.29. The van der Waals surface area contributed by atoms with Gasteiger partial charge in [0.2, 0.25) is 0 Å². The molecule has 0 saturated heterocycles. The van der Waals surface area contributed by atoms with Crippen LogP contribution in [0.2, 0.25) is 0 Å². The lowest BCUT2D eigenvalue weighted by atomic mass is 9.80. The molecular formula is C12H10F2N2. The van der Waals surface area contributed by atoms with Gasteiger partial charge in [0.1, 0.15) is 11.6 Å². The van der Waals surface area contributed by atoms with Crippen molar-refractivity contribution in [3.63, 3.8) is 0 Å². The number of nitrogens with zero attached hydrogens (tertiary/aromatic N) is 2. The van der Waals surface area contributed by atoms with Crippen LogP contribution < -0.4 is 0 Å². The van der Waals surface area contributed by atoms with E-state index in [-0.39, 0.29) is 18.4 Å². The molecule has 0 radical (unpaired) electrons. The fraction of sp³-hybridized carbons (Fsp3) is 0.333. The minimum Gasteiger partial charge on any atom is -0.207 e. The number of halogens is 2. The average molecular weight is 220 g/mol. The molecule has 1 aromatic rings. The van der Waals surface area contributed by atoms with E-state index in [0.29, 0.717) is 0 Å². The first-order valence-electron chi connectivity index (χ1n) is 4.77. The summed E-state index contributed by atoms with van der Waals surface area (Å²) in [5.74, 6) is -1.43. The molecule has 82 valence electrons. The van der Waals surface area contributed by atoms with Gasteiger partial charge in [0.25, 0.3) is 0 Å². The van der Waals surface area contributed by atoms with E-state index in [1.54, 1.807) is 6.92 Å². The molecule has 1 atom stereocenters. The second-order valence-electron chi connectivity index (χ2n) is 3.73. The van der Waals surface area contributed by atoms with Crippen LogP contribution in [0.5, 0.6) is 0 Å². The van der Waals surface area contributed by atoms with E-state index in [4.69, 9.17) is 10.5 Å². The third-order valence-electron chi connectivity index (χ3n) is 2.51. The van der Waals surface area contributed by atoms with Crippen LogP contribution in [0.15, 0.2) is 18.2 Å². The standard InChI is InChI=1S/C12H10F2N2/c1-12(8-16,5-2-6-15)10-4-3-9(13)7-11(10)14/h3-4,7H,2,5H2,1H3. The van der Waals surface area contributed by atoms with E-state index < -0.39 is 17.0 Å². The third kappa shape index (κ3) is 2.35. The minimum absolute atomic E-state index is 0.131. The lowest BCUT2D eigenvalue weighted by Crippen LogP contribution is -2.21. The summed E-state index contributed by atoms with van der Waals surface area (Å²) in [5.41, 5.74) is -0.959. The minimum atomic E-state index is -1.09. The highest BCUT2D eigenvalue weighted by Crippen LogP contribution is 2.30. The Morgan fingerprint density at radius 3 is 2.50 bits per heavy atom. The van der Waals surface area contributed by atoms with Gasteiger partial charge in [-0.2, -0.15) is 10.5 Å². The molecule has 0 fully saturated rings. The first-order chi connectivity index (χ1) is 7.53. The van der Waals surface area contributed by atoms with Crippen molar-refractivity contribution >= 4 is 0 Å². The molecule has 0 bridgehead atoms. The van der Waals surface area contributed by atoms with Crippen LogP contribution in [0.3, 0.4) is 0 Å². The first-order valence-corrected chi connectivity index (χ1v) is 4.77. The van der Waals surface area contributed by atoms with Crippen molar-refractivity contribution in [1.82, 2.24) is 0 Å². The monoisotopic (exact) mass is 220 g/mol. The molecule has 4 heteroatoms. The number of hydrogen-bond acceptors (Lipinski definition) is 2. The Morgan fingerprint density at radius 2 is 2.00 bits per heavy atom. The highest BCUT2D eigenvalue weighted by molar-refractivity contribution is 5.33. The average Bonchev–Trinajstić information content (AvgIpc) is 2.26. The second kappa shape index (κ2) is 4.72.